The summed E-state index contributed by atoms with van der Waals surface area (Å²) in [4.78, 5) is 11.4. The molecule has 4 nitrogen and oxygen atoms in total. The highest BCUT2D eigenvalue weighted by molar-refractivity contribution is 5.67. The van der Waals surface area contributed by atoms with E-state index in [1.54, 1.807) is 0 Å². The second-order valence-corrected chi connectivity index (χ2v) is 5.09. The highest BCUT2D eigenvalue weighted by atomic mass is 16.6. The van der Waals surface area contributed by atoms with E-state index in [1.807, 2.05) is 55.4 Å². The minimum atomic E-state index is -0.460. The molecule has 0 bridgehead atoms. The van der Waals surface area contributed by atoms with Crippen LogP contribution in [0.5, 0.6) is 0 Å². The molecule has 0 aromatic heterocycles. The van der Waals surface area contributed by atoms with Gasteiger partial charge in [0.05, 0.1) is 5.60 Å². The molecule has 1 amide bonds. The Morgan fingerprint density at radius 1 is 1.11 bits per heavy atom. The standard InChI is InChI=1S/C12H25NO3.C2H6/c1-7-12(6,15-8-2)9-13-10(14)16-11(3,4)5;1-2/h7-9H2,1-6H3,(H,13,14);1-2H3. The van der Waals surface area contributed by atoms with Crippen LogP contribution in [0.25, 0.3) is 0 Å². The zero-order valence-electron chi connectivity index (χ0n) is 13.3. The molecule has 4 heteroatoms. The van der Waals surface area contributed by atoms with Crippen LogP contribution in [0.4, 0.5) is 4.79 Å². The lowest BCUT2D eigenvalue weighted by Crippen LogP contribution is -2.44. The normalized spacial score (nSPS) is 14.0. The molecule has 0 aliphatic heterocycles. The van der Waals surface area contributed by atoms with E-state index in [0.29, 0.717) is 13.2 Å². The summed E-state index contributed by atoms with van der Waals surface area (Å²) in [6.07, 6.45) is 0.447. The van der Waals surface area contributed by atoms with Crippen LogP contribution in [-0.2, 0) is 9.47 Å². The summed E-state index contributed by atoms with van der Waals surface area (Å²) in [5, 5.41) is 2.73. The van der Waals surface area contributed by atoms with Crippen LogP contribution in [0.2, 0.25) is 0 Å². The highest BCUT2D eigenvalue weighted by Crippen LogP contribution is 2.14. The maximum atomic E-state index is 11.4. The van der Waals surface area contributed by atoms with Crippen LogP contribution in [0, 0.1) is 0 Å². The molecule has 0 heterocycles. The molecule has 0 aromatic rings. The minimum Gasteiger partial charge on any atom is -0.444 e. The smallest absolute Gasteiger partial charge is 0.407 e. The Hall–Kier alpha value is -0.770. The molecule has 0 aromatic carbocycles. The molecule has 0 rings (SSSR count). The average molecular weight is 261 g/mol. The number of hydrogen-bond donors (Lipinski definition) is 1. The number of ether oxygens (including phenoxy) is 2. The second kappa shape index (κ2) is 9.20. The van der Waals surface area contributed by atoms with Crippen molar-refractivity contribution < 1.29 is 14.3 Å². The third kappa shape index (κ3) is 10.4. The van der Waals surface area contributed by atoms with Gasteiger partial charge in [-0.15, -0.1) is 0 Å². The van der Waals surface area contributed by atoms with Gasteiger partial charge >= 0.3 is 6.09 Å². The van der Waals surface area contributed by atoms with Crippen LogP contribution in [-0.4, -0.2) is 30.4 Å². The summed E-state index contributed by atoms with van der Waals surface area (Å²) in [6.45, 7) is 16.6. The third-order valence-electron chi connectivity index (χ3n) is 2.25. The zero-order valence-corrected chi connectivity index (χ0v) is 13.3. The monoisotopic (exact) mass is 261 g/mol. The lowest BCUT2D eigenvalue weighted by Gasteiger charge is -2.29. The maximum Gasteiger partial charge on any atom is 0.407 e. The predicted octanol–water partition coefficient (Wildman–Crippen LogP) is 3.74. The van der Waals surface area contributed by atoms with E-state index in [1.165, 1.54) is 0 Å². The summed E-state index contributed by atoms with van der Waals surface area (Å²) < 4.78 is 10.7. The van der Waals surface area contributed by atoms with E-state index in [0.717, 1.165) is 6.42 Å². The Labute approximate surface area is 112 Å². The Morgan fingerprint density at radius 2 is 1.61 bits per heavy atom. The van der Waals surface area contributed by atoms with Gasteiger partial charge in [0, 0.05) is 13.2 Å². The number of hydrogen-bond acceptors (Lipinski definition) is 3. The molecule has 0 saturated heterocycles. The second-order valence-electron chi connectivity index (χ2n) is 5.09. The first-order valence-corrected chi connectivity index (χ1v) is 6.83. The first-order valence-electron chi connectivity index (χ1n) is 6.83. The quantitative estimate of drug-likeness (QED) is 0.820. The van der Waals surface area contributed by atoms with Crippen LogP contribution in [0.3, 0.4) is 0 Å². The van der Waals surface area contributed by atoms with Gasteiger partial charge in [-0.1, -0.05) is 20.8 Å². The van der Waals surface area contributed by atoms with E-state index < -0.39 is 11.7 Å². The van der Waals surface area contributed by atoms with Gasteiger partial charge in [0.2, 0.25) is 0 Å². The number of carbonyl (C=O) groups excluding carboxylic acids is 1. The minimum absolute atomic E-state index is 0.314. The maximum absolute atomic E-state index is 11.4. The van der Waals surface area contributed by atoms with Gasteiger partial charge in [0.25, 0.3) is 0 Å². The molecule has 0 radical (unpaired) electrons. The van der Waals surface area contributed by atoms with Crippen molar-refractivity contribution in [2.24, 2.45) is 0 Å². The lowest BCUT2D eigenvalue weighted by molar-refractivity contribution is -0.0286. The molecule has 0 spiro atoms. The Balaban J connectivity index is 0. The number of rotatable bonds is 5. The van der Waals surface area contributed by atoms with Crippen molar-refractivity contribution in [2.75, 3.05) is 13.2 Å². The summed E-state index contributed by atoms with van der Waals surface area (Å²) in [5.74, 6) is 0. The van der Waals surface area contributed by atoms with Gasteiger partial charge in [0.1, 0.15) is 5.60 Å². The van der Waals surface area contributed by atoms with Crippen molar-refractivity contribution in [3.63, 3.8) is 0 Å². The number of alkyl carbamates (subject to hydrolysis) is 1. The molecular formula is C14H31NO3. The van der Waals surface area contributed by atoms with E-state index in [9.17, 15) is 4.79 Å². The zero-order chi connectivity index (χ0) is 14.8. The average Bonchev–Trinajstić information content (AvgIpc) is 2.27. The molecule has 1 N–H and O–H groups in total. The summed E-state index contributed by atoms with van der Waals surface area (Å²) in [5.41, 5.74) is -0.774. The fourth-order valence-corrected chi connectivity index (χ4v) is 1.20. The highest BCUT2D eigenvalue weighted by Gasteiger charge is 2.24. The topological polar surface area (TPSA) is 47.6 Å². The van der Waals surface area contributed by atoms with Crippen molar-refractivity contribution in [2.45, 2.75) is 73.0 Å². The van der Waals surface area contributed by atoms with E-state index in [2.05, 4.69) is 5.32 Å². The summed E-state index contributed by atoms with van der Waals surface area (Å²) in [7, 11) is 0. The number of nitrogens with one attached hydrogen (secondary N) is 1. The van der Waals surface area contributed by atoms with Crippen LogP contribution < -0.4 is 5.32 Å². The largest absolute Gasteiger partial charge is 0.444 e. The first kappa shape index (κ1) is 19.6. The molecule has 0 aliphatic carbocycles. The summed E-state index contributed by atoms with van der Waals surface area (Å²) >= 11 is 0. The first-order chi connectivity index (χ1) is 8.22. The van der Waals surface area contributed by atoms with Crippen LogP contribution in [0.1, 0.15) is 61.8 Å². The van der Waals surface area contributed by atoms with Crippen molar-refractivity contribution in [1.82, 2.24) is 5.32 Å². The summed E-state index contributed by atoms with van der Waals surface area (Å²) in [6, 6.07) is 0. The molecule has 0 aliphatic rings. The van der Waals surface area contributed by atoms with Gasteiger partial charge in [-0.2, -0.15) is 0 Å². The third-order valence-corrected chi connectivity index (χ3v) is 2.25. The Kier molecular flexibility index (Phi) is 10.00. The van der Waals surface area contributed by atoms with Crippen molar-refractivity contribution in [3.8, 4) is 0 Å². The number of carbonyl (C=O) groups is 1. The molecule has 1 atom stereocenters. The molecule has 1 unspecified atom stereocenters. The van der Waals surface area contributed by atoms with Gasteiger partial charge < -0.3 is 14.8 Å². The van der Waals surface area contributed by atoms with Crippen molar-refractivity contribution >= 4 is 6.09 Å². The van der Waals surface area contributed by atoms with Gasteiger partial charge in [-0.05, 0) is 41.0 Å². The molecule has 0 saturated carbocycles. The van der Waals surface area contributed by atoms with Gasteiger partial charge in [0.15, 0.2) is 0 Å². The van der Waals surface area contributed by atoms with Crippen LogP contribution >= 0.6 is 0 Å². The number of amides is 1. The van der Waals surface area contributed by atoms with Crippen LogP contribution in [0.15, 0.2) is 0 Å². The van der Waals surface area contributed by atoms with Crippen molar-refractivity contribution in [3.05, 3.63) is 0 Å². The van der Waals surface area contributed by atoms with Crippen molar-refractivity contribution in [1.29, 1.82) is 0 Å². The predicted molar refractivity (Wildman–Crippen MR) is 75.9 cm³/mol. The molecule has 18 heavy (non-hydrogen) atoms. The van der Waals surface area contributed by atoms with Gasteiger partial charge in [-0.3, -0.25) is 0 Å². The Morgan fingerprint density at radius 3 is 1.94 bits per heavy atom. The van der Waals surface area contributed by atoms with E-state index in [-0.39, 0.29) is 5.60 Å². The fourth-order valence-electron chi connectivity index (χ4n) is 1.20. The molecule has 110 valence electrons. The lowest BCUT2D eigenvalue weighted by atomic mass is 10.0. The fraction of sp³-hybridized carbons (Fsp3) is 0.929. The van der Waals surface area contributed by atoms with E-state index >= 15 is 0 Å². The van der Waals surface area contributed by atoms with E-state index in [4.69, 9.17) is 9.47 Å². The molecular weight excluding hydrogens is 230 g/mol. The Bertz CT molecular complexity index is 224. The molecule has 0 fully saturated rings. The SMILES string of the molecule is CC.CCOC(C)(CC)CNC(=O)OC(C)(C)C. The van der Waals surface area contributed by atoms with Gasteiger partial charge in [-0.25, -0.2) is 4.79 Å².